The van der Waals surface area contributed by atoms with E-state index < -0.39 is 90.1 Å². The second kappa shape index (κ2) is 12.5. The number of nitrogens with zero attached hydrogens (tertiary/aromatic N) is 1. The molecule has 3 aliphatic rings. The Morgan fingerprint density at radius 1 is 1.02 bits per heavy atom. The molecule has 2 amide bonds. The molecule has 5 rings (SSSR count). The van der Waals surface area contributed by atoms with Crippen molar-refractivity contribution in [2.75, 3.05) is 11.5 Å². The predicted molar refractivity (Wildman–Crippen MR) is 151 cm³/mol. The van der Waals surface area contributed by atoms with Crippen molar-refractivity contribution in [1.29, 1.82) is 0 Å². The van der Waals surface area contributed by atoms with Crippen molar-refractivity contribution in [2.24, 2.45) is 17.8 Å². The summed E-state index contributed by atoms with van der Waals surface area (Å²) >= 11 is 0. The third kappa shape index (κ3) is 6.45. The normalized spacial score (nSPS) is 24.1. The minimum Gasteiger partial charge on any atom is -0.505 e. The molecule has 0 spiro atoms. The Morgan fingerprint density at radius 2 is 1.67 bits per heavy atom. The number of halogens is 7. The number of amides is 2. The van der Waals surface area contributed by atoms with Crippen LogP contribution in [0.25, 0.3) is 6.08 Å². The first-order valence-electron chi connectivity index (χ1n) is 14.5. The van der Waals surface area contributed by atoms with E-state index in [0.29, 0.717) is 46.6 Å². The van der Waals surface area contributed by atoms with Gasteiger partial charge in [-0.3, -0.25) is 9.59 Å². The average molecular weight is 655 g/mol. The molecule has 246 valence electrons. The van der Waals surface area contributed by atoms with Crippen LogP contribution in [0.1, 0.15) is 49.3 Å². The van der Waals surface area contributed by atoms with Gasteiger partial charge in [-0.1, -0.05) is 24.6 Å². The molecule has 1 aliphatic carbocycles. The summed E-state index contributed by atoms with van der Waals surface area (Å²) in [6.07, 6.45) is -8.76. The highest BCUT2D eigenvalue weighted by Gasteiger charge is 2.58. The van der Waals surface area contributed by atoms with E-state index in [1.54, 1.807) is 6.08 Å². The van der Waals surface area contributed by atoms with E-state index in [9.17, 15) is 55.6 Å². The van der Waals surface area contributed by atoms with Crippen molar-refractivity contribution < 1.29 is 60.2 Å². The van der Waals surface area contributed by atoms with E-state index in [0.717, 1.165) is 11.6 Å². The number of aromatic hydroxyl groups is 1. The number of rotatable bonds is 7. The van der Waals surface area contributed by atoms with Crippen LogP contribution >= 0.6 is 0 Å². The van der Waals surface area contributed by atoms with Crippen molar-refractivity contribution in [2.45, 2.75) is 57.4 Å². The first-order chi connectivity index (χ1) is 21.5. The number of hydrogen-bond donors (Lipinski definition) is 3. The molecule has 0 radical (unpaired) electrons. The number of fused-ring (bicyclic) bond motifs is 3. The van der Waals surface area contributed by atoms with Gasteiger partial charge in [-0.15, -0.1) is 0 Å². The Balaban J connectivity index is 1.46. The summed E-state index contributed by atoms with van der Waals surface area (Å²) in [6, 6.07) is 4.44. The number of aliphatic hydroxyl groups excluding tert-OH is 1. The number of imide groups is 1. The molecule has 2 aliphatic heterocycles. The van der Waals surface area contributed by atoms with E-state index in [1.165, 1.54) is 12.1 Å². The van der Waals surface area contributed by atoms with E-state index in [2.05, 4.69) is 0 Å². The van der Waals surface area contributed by atoms with Gasteiger partial charge in [0.05, 0.1) is 41.4 Å². The number of carbonyl (C=O) groups excluding carboxylic acids is 2. The number of phenols is 1. The zero-order valence-electron chi connectivity index (χ0n) is 24.3. The second-order valence-electron chi connectivity index (χ2n) is 11.7. The number of alkyl halides is 6. The highest BCUT2D eigenvalue weighted by molar-refractivity contribution is 6.43. The fraction of sp³-hybridized carbons (Fsp3) is 0.419. The molecule has 2 saturated heterocycles. The molecule has 2 aromatic rings. The summed E-state index contributed by atoms with van der Waals surface area (Å²) in [5.74, 6) is -6.59. The zero-order valence-corrected chi connectivity index (χ0v) is 24.3. The fourth-order valence-electron chi connectivity index (χ4n) is 6.75. The number of allylic oxidation sites excluding steroid dienone is 1. The Bertz CT molecular complexity index is 1570. The largest absolute Gasteiger partial charge is 0.505 e. The number of hydrogen-bond acceptors (Lipinski definition) is 6. The van der Waals surface area contributed by atoms with Crippen molar-refractivity contribution in [3.8, 4) is 5.75 Å². The van der Waals surface area contributed by atoms with E-state index in [1.807, 2.05) is 6.92 Å². The van der Waals surface area contributed by atoms with Gasteiger partial charge in [0.2, 0.25) is 11.8 Å². The van der Waals surface area contributed by atoms with Gasteiger partial charge in [-0.2, -0.15) is 26.3 Å². The van der Waals surface area contributed by atoms with Crippen molar-refractivity contribution in [3.63, 3.8) is 0 Å². The monoisotopic (exact) mass is 655 g/mol. The lowest BCUT2D eigenvalue weighted by Crippen LogP contribution is -2.46. The molecule has 2 heterocycles. The lowest BCUT2D eigenvalue weighted by atomic mass is 9.58. The fourth-order valence-corrected chi connectivity index (χ4v) is 6.75. The third-order valence-electron chi connectivity index (χ3n) is 8.85. The molecule has 15 heteroatoms. The minimum atomic E-state index is -5.20. The van der Waals surface area contributed by atoms with Crippen LogP contribution in [-0.4, -0.2) is 46.9 Å². The number of aliphatic hydroxyl groups is 1. The molecular weight excluding hydrogens is 626 g/mol. The lowest BCUT2D eigenvalue weighted by molar-refractivity contribution is -0.143. The zero-order chi connectivity index (χ0) is 33.7. The van der Waals surface area contributed by atoms with E-state index in [4.69, 9.17) is 4.65 Å². The van der Waals surface area contributed by atoms with Crippen LogP contribution in [-0.2, 0) is 26.6 Å². The van der Waals surface area contributed by atoms with Crippen molar-refractivity contribution in [1.82, 2.24) is 0 Å². The van der Waals surface area contributed by atoms with Gasteiger partial charge >= 0.3 is 19.5 Å². The minimum absolute atomic E-state index is 0.0955. The Labute approximate surface area is 259 Å². The second-order valence-corrected chi connectivity index (χ2v) is 11.7. The Hall–Kier alpha value is -3.69. The molecule has 0 unspecified atom stereocenters. The molecule has 0 aromatic heterocycles. The van der Waals surface area contributed by atoms with E-state index in [-0.39, 0.29) is 25.2 Å². The lowest BCUT2D eigenvalue weighted by Gasteiger charge is -2.43. The maximum Gasteiger partial charge on any atom is 0.455 e. The van der Waals surface area contributed by atoms with Crippen LogP contribution in [0, 0.1) is 23.6 Å². The highest BCUT2D eigenvalue weighted by Crippen LogP contribution is 2.52. The van der Waals surface area contributed by atoms with Gasteiger partial charge in [-0.25, -0.2) is 9.29 Å². The molecule has 4 atom stereocenters. The molecule has 0 saturated carbocycles. The Kier molecular flexibility index (Phi) is 9.14. The smallest absolute Gasteiger partial charge is 0.455 e. The first kappa shape index (κ1) is 33.7. The van der Waals surface area contributed by atoms with Crippen LogP contribution in [0.15, 0.2) is 53.1 Å². The number of benzene rings is 2. The highest BCUT2D eigenvalue weighted by atomic mass is 19.4. The molecule has 2 fully saturated rings. The summed E-state index contributed by atoms with van der Waals surface area (Å²) in [4.78, 5) is 27.7. The third-order valence-corrected chi connectivity index (χ3v) is 8.85. The number of anilines is 1. The number of phenolic OH excluding ortho intramolecular Hbond substituents is 1. The van der Waals surface area contributed by atoms with Crippen molar-refractivity contribution in [3.05, 3.63) is 75.6 Å². The quantitative estimate of drug-likeness (QED) is 0.143. The van der Waals surface area contributed by atoms with Gasteiger partial charge in [0, 0.05) is 0 Å². The molecule has 46 heavy (non-hydrogen) atoms. The topological polar surface area (TPSA) is 107 Å². The van der Waals surface area contributed by atoms with Gasteiger partial charge in [0.25, 0.3) is 0 Å². The van der Waals surface area contributed by atoms with E-state index >= 15 is 0 Å². The van der Waals surface area contributed by atoms with Gasteiger partial charge in [-0.05, 0) is 85.0 Å². The summed E-state index contributed by atoms with van der Waals surface area (Å²) in [5.41, 5.74) is -2.10. The molecular formula is C31H29BF7NO6. The van der Waals surface area contributed by atoms with Crippen LogP contribution < -0.4 is 4.90 Å². The van der Waals surface area contributed by atoms with Crippen LogP contribution in [0.5, 0.6) is 5.75 Å². The standard InChI is InChI=1S/C31H29BF7NO6/c1-2-15(7-16-3-5-24(42)23(33)8-16)4-6-25-26-17(14-41)9-21-27(22(26)13-32(45)46-25)29(44)40(28(21)43)20-11-18(30(34,35)36)10-19(12-20)31(37,38)39/h3,5,7-8,10-12,21-22,25,27,41-42,45H,2,4,6,9,13-14H2,1H3/b15-7+/t21-,22+,25-,27-/m1/s1. The molecule has 3 N–H and O–H groups in total. The maximum atomic E-state index is 13.9. The molecule has 2 aromatic carbocycles. The average Bonchev–Trinajstić information content (AvgIpc) is 3.24. The van der Waals surface area contributed by atoms with Gasteiger partial charge in [0.1, 0.15) is 0 Å². The SMILES string of the molecule is CC/C(=C\c1ccc(O)c(F)c1)CC[C@H]1OB(O)C[C@H]2C1=C(CO)C[C@H]1C(=O)N(c3cc(C(F)(F)F)cc(C(F)(F)F)c3)C(=O)[C@H]12. The summed E-state index contributed by atoms with van der Waals surface area (Å²) in [5, 5.41) is 30.4. The maximum absolute atomic E-state index is 13.9. The van der Waals surface area contributed by atoms with Crippen molar-refractivity contribution >= 4 is 30.7 Å². The number of carbonyl (C=O) groups is 2. The predicted octanol–water partition coefficient (Wildman–Crippen LogP) is 6.14. The summed E-state index contributed by atoms with van der Waals surface area (Å²) < 4.78 is 101. The van der Waals surface area contributed by atoms with Gasteiger partial charge in [0.15, 0.2) is 11.6 Å². The van der Waals surface area contributed by atoms with Crippen LogP contribution in [0.2, 0.25) is 6.32 Å². The van der Waals surface area contributed by atoms with Gasteiger partial charge < -0.3 is 19.9 Å². The first-order valence-corrected chi connectivity index (χ1v) is 14.5. The summed E-state index contributed by atoms with van der Waals surface area (Å²) in [6.45, 7) is 1.30. The Morgan fingerprint density at radius 3 is 2.24 bits per heavy atom. The van der Waals surface area contributed by atoms with Crippen LogP contribution in [0.3, 0.4) is 0 Å². The summed E-state index contributed by atoms with van der Waals surface area (Å²) in [7, 11) is -1.42. The molecule has 7 nitrogen and oxygen atoms in total. The van der Waals surface area contributed by atoms with Crippen LogP contribution in [0.4, 0.5) is 36.4 Å². The molecule has 0 bridgehead atoms.